The zero-order valence-electron chi connectivity index (χ0n) is 23.0. The highest BCUT2D eigenvalue weighted by molar-refractivity contribution is 5.98. The first-order valence-corrected chi connectivity index (χ1v) is 14.0. The molecule has 0 aliphatic carbocycles. The topological polar surface area (TPSA) is 123 Å². The minimum Gasteiger partial charge on any atom is -0.457 e. The van der Waals surface area contributed by atoms with E-state index in [0.717, 1.165) is 42.5 Å². The molecule has 0 spiro atoms. The molecule has 0 bridgehead atoms. The van der Waals surface area contributed by atoms with E-state index in [0.29, 0.717) is 60.4 Å². The van der Waals surface area contributed by atoms with Crippen LogP contribution in [0.3, 0.4) is 0 Å². The number of carbonyl (C=O) groups excluding carboxylic acids is 2. The standard InChI is InChI=1S/C32H36N6O3/c1-22(33)34-16-7-10-26(21-39)38-30-15-14-24(32(40)36-20-25-9-6-17-35-25)19-29(30)37-31(38)23-8-5-13-28(18-23)41-27-11-3-2-4-12-27/h2-5,8,11-15,18-19,21,25-26,34-35H,1,6-7,9-10,16-17,20,33H2,(H,36,40). The molecule has 5 rings (SSSR count). The van der Waals surface area contributed by atoms with E-state index in [1.807, 2.05) is 65.2 Å². The maximum Gasteiger partial charge on any atom is 0.251 e. The highest BCUT2D eigenvalue weighted by atomic mass is 16.5. The fraction of sp³-hybridized carbons (Fsp3) is 0.281. The summed E-state index contributed by atoms with van der Waals surface area (Å²) in [6.45, 7) is 5.84. The molecule has 0 radical (unpaired) electrons. The Kier molecular flexibility index (Phi) is 8.95. The predicted molar refractivity (Wildman–Crippen MR) is 161 cm³/mol. The number of fused-ring (bicyclic) bond motifs is 1. The van der Waals surface area contributed by atoms with Crippen molar-refractivity contribution in [2.24, 2.45) is 5.73 Å². The molecule has 1 aromatic heterocycles. The summed E-state index contributed by atoms with van der Waals surface area (Å²) in [7, 11) is 0. The average Bonchev–Trinajstić information content (AvgIpc) is 3.64. The third-order valence-electron chi connectivity index (χ3n) is 7.21. The van der Waals surface area contributed by atoms with Crippen molar-refractivity contribution in [2.45, 2.75) is 37.8 Å². The van der Waals surface area contributed by atoms with E-state index in [2.05, 4.69) is 22.5 Å². The lowest BCUT2D eigenvalue weighted by Gasteiger charge is -2.18. The summed E-state index contributed by atoms with van der Waals surface area (Å²) in [5.74, 6) is 2.25. The predicted octanol–water partition coefficient (Wildman–Crippen LogP) is 4.52. The van der Waals surface area contributed by atoms with Crippen molar-refractivity contribution in [1.82, 2.24) is 25.5 Å². The van der Waals surface area contributed by atoms with Gasteiger partial charge in [0.1, 0.15) is 23.6 Å². The molecule has 9 nitrogen and oxygen atoms in total. The monoisotopic (exact) mass is 552 g/mol. The normalized spacial score (nSPS) is 15.4. The van der Waals surface area contributed by atoms with Crippen LogP contribution < -0.4 is 26.4 Å². The van der Waals surface area contributed by atoms with Crippen molar-refractivity contribution in [1.29, 1.82) is 0 Å². The van der Waals surface area contributed by atoms with Gasteiger partial charge >= 0.3 is 0 Å². The van der Waals surface area contributed by atoms with Gasteiger partial charge in [0, 0.05) is 30.3 Å². The zero-order chi connectivity index (χ0) is 28.6. The summed E-state index contributed by atoms with van der Waals surface area (Å²) in [4.78, 5) is 30.4. The molecule has 212 valence electrons. The Morgan fingerprint density at radius 3 is 2.71 bits per heavy atom. The van der Waals surface area contributed by atoms with Crippen molar-refractivity contribution in [3.8, 4) is 22.9 Å². The van der Waals surface area contributed by atoms with Crippen molar-refractivity contribution < 1.29 is 14.3 Å². The van der Waals surface area contributed by atoms with Gasteiger partial charge in [0.25, 0.3) is 5.91 Å². The number of rotatable bonds is 13. The number of imidazole rings is 1. The molecule has 1 amide bonds. The molecule has 41 heavy (non-hydrogen) atoms. The number of hydrogen-bond acceptors (Lipinski definition) is 7. The van der Waals surface area contributed by atoms with Crippen molar-refractivity contribution >= 4 is 23.2 Å². The first kappa shape index (κ1) is 27.9. The second kappa shape index (κ2) is 13.1. The molecule has 3 aromatic carbocycles. The first-order valence-electron chi connectivity index (χ1n) is 14.0. The van der Waals surface area contributed by atoms with Crippen molar-refractivity contribution in [3.05, 3.63) is 90.8 Å². The van der Waals surface area contributed by atoms with Crippen molar-refractivity contribution in [3.63, 3.8) is 0 Å². The van der Waals surface area contributed by atoms with Crippen LogP contribution in [0.4, 0.5) is 0 Å². The Morgan fingerprint density at radius 2 is 1.95 bits per heavy atom. The zero-order valence-corrected chi connectivity index (χ0v) is 23.0. The number of nitrogens with one attached hydrogen (secondary N) is 3. The van der Waals surface area contributed by atoms with Crippen LogP contribution in [-0.4, -0.2) is 47.4 Å². The van der Waals surface area contributed by atoms with Crippen LogP contribution in [0.25, 0.3) is 22.4 Å². The van der Waals surface area contributed by atoms with E-state index in [-0.39, 0.29) is 5.91 Å². The van der Waals surface area contributed by atoms with Gasteiger partial charge in [0.15, 0.2) is 0 Å². The van der Waals surface area contributed by atoms with Gasteiger partial charge in [-0.15, -0.1) is 0 Å². The Labute approximate surface area is 239 Å². The number of amides is 1. The minimum atomic E-state index is -0.477. The summed E-state index contributed by atoms with van der Waals surface area (Å²) in [6, 6.07) is 22.5. The van der Waals surface area contributed by atoms with E-state index in [4.69, 9.17) is 15.5 Å². The smallest absolute Gasteiger partial charge is 0.251 e. The van der Waals surface area contributed by atoms with E-state index >= 15 is 0 Å². The molecule has 2 atom stereocenters. The number of aldehydes is 1. The van der Waals surface area contributed by atoms with Gasteiger partial charge in [-0.2, -0.15) is 0 Å². The molecule has 2 unspecified atom stereocenters. The van der Waals surface area contributed by atoms with Gasteiger partial charge in [-0.25, -0.2) is 4.98 Å². The molecule has 0 saturated carbocycles. The number of ether oxygens (including phenoxy) is 1. The molecule has 1 aliphatic heterocycles. The summed E-state index contributed by atoms with van der Waals surface area (Å²) >= 11 is 0. The SMILES string of the molecule is C=C(N)NCCCC(C=O)n1c(-c2cccc(Oc3ccccc3)c2)nc2cc(C(=O)NCC3CCCN3)ccc21. The van der Waals surface area contributed by atoms with Crippen molar-refractivity contribution in [2.75, 3.05) is 19.6 Å². The van der Waals surface area contributed by atoms with Gasteiger partial charge in [-0.1, -0.05) is 36.9 Å². The molecular weight excluding hydrogens is 516 g/mol. The largest absolute Gasteiger partial charge is 0.457 e. The molecule has 9 heteroatoms. The van der Waals surface area contributed by atoms with E-state index < -0.39 is 6.04 Å². The number of aromatic nitrogens is 2. The molecule has 5 N–H and O–H groups in total. The summed E-state index contributed by atoms with van der Waals surface area (Å²) in [6.07, 6.45) is 4.40. The third-order valence-corrected chi connectivity index (χ3v) is 7.21. The van der Waals surface area contributed by atoms with Crippen LogP contribution in [0, 0.1) is 0 Å². The quantitative estimate of drug-likeness (QED) is 0.142. The van der Waals surface area contributed by atoms with Crippen LogP contribution in [0.15, 0.2) is 85.2 Å². The Hall–Kier alpha value is -4.63. The van der Waals surface area contributed by atoms with E-state index in [1.54, 1.807) is 12.1 Å². The van der Waals surface area contributed by atoms with Crippen LogP contribution >= 0.6 is 0 Å². The Balaban J connectivity index is 1.48. The summed E-state index contributed by atoms with van der Waals surface area (Å²) in [5.41, 5.74) is 8.38. The van der Waals surface area contributed by atoms with Gasteiger partial charge < -0.3 is 35.8 Å². The first-order chi connectivity index (χ1) is 20.0. The van der Waals surface area contributed by atoms with E-state index in [1.165, 1.54) is 0 Å². The minimum absolute atomic E-state index is 0.144. The number of hydrogen-bond donors (Lipinski definition) is 4. The van der Waals surface area contributed by atoms with Gasteiger partial charge in [0.05, 0.1) is 22.9 Å². The van der Waals surface area contributed by atoms with Gasteiger partial charge in [-0.3, -0.25) is 4.79 Å². The van der Waals surface area contributed by atoms with E-state index in [9.17, 15) is 9.59 Å². The molecule has 1 aliphatic rings. The van der Waals surface area contributed by atoms with Crippen LogP contribution in [0.2, 0.25) is 0 Å². The fourth-order valence-electron chi connectivity index (χ4n) is 5.17. The number of carbonyl (C=O) groups is 2. The molecule has 4 aromatic rings. The number of para-hydroxylation sites is 1. The van der Waals surface area contributed by atoms with Crippen LogP contribution in [-0.2, 0) is 4.79 Å². The number of nitrogens with two attached hydrogens (primary N) is 1. The molecule has 2 heterocycles. The number of nitrogens with zero attached hydrogens (tertiary/aromatic N) is 2. The maximum atomic E-state index is 13.0. The Bertz CT molecular complexity index is 1510. The summed E-state index contributed by atoms with van der Waals surface area (Å²) < 4.78 is 8.02. The lowest BCUT2D eigenvalue weighted by molar-refractivity contribution is -0.110. The lowest BCUT2D eigenvalue weighted by atomic mass is 10.1. The third kappa shape index (κ3) is 6.93. The Morgan fingerprint density at radius 1 is 1.12 bits per heavy atom. The fourth-order valence-corrected chi connectivity index (χ4v) is 5.17. The molecular formula is C32H36N6O3. The molecule has 1 saturated heterocycles. The number of benzene rings is 3. The van der Waals surface area contributed by atoms with Gasteiger partial charge in [0.2, 0.25) is 0 Å². The maximum absolute atomic E-state index is 13.0. The highest BCUT2D eigenvalue weighted by Crippen LogP contribution is 2.33. The highest BCUT2D eigenvalue weighted by Gasteiger charge is 2.22. The van der Waals surface area contributed by atoms with Crippen LogP contribution in [0.1, 0.15) is 42.1 Å². The van der Waals surface area contributed by atoms with Crippen LogP contribution in [0.5, 0.6) is 11.5 Å². The molecule has 1 fully saturated rings. The second-order valence-corrected chi connectivity index (χ2v) is 10.3. The summed E-state index contributed by atoms with van der Waals surface area (Å²) in [5, 5.41) is 9.44. The lowest BCUT2D eigenvalue weighted by Crippen LogP contribution is -2.37. The average molecular weight is 553 g/mol. The van der Waals surface area contributed by atoms with Gasteiger partial charge in [-0.05, 0) is 74.7 Å². The second-order valence-electron chi connectivity index (χ2n) is 10.3.